The van der Waals surface area contributed by atoms with Gasteiger partial charge in [-0.1, -0.05) is 34.6 Å². The SMILES string of the molecule is CC(=O)O[C@@H]([C]1C[C@@H](C)[C@H]2[C](O1)[C@H](O)[C@@]1(C)[C]3CC[C@H]4C(C)(C)[C@@H](O[C@H]5CN(C)CCO5)CC[C@@]45C[C@@]35CC[C@]21C)C(C)(C)O. The molecule has 2 spiro atoms. The van der Waals surface area contributed by atoms with E-state index < -0.39 is 29.2 Å². The van der Waals surface area contributed by atoms with Crippen LogP contribution in [0.4, 0.5) is 0 Å². The highest BCUT2D eigenvalue weighted by atomic mass is 16.7. The molecule has 5 aliphatic carbocycles. The third kappa shape index (κ3) is 4.40. The van der Waals surface area contributed by atoms with Gasteiger partial charge in [-0.25, -0.2) is 0 Å². The van der Waals surface area contributed by atoms with E-state index in [1.54, 1.807) is 19.8 Å². The molecule has 7 fully saturated rings. The second kappa shape index (κ2) is 10.4. The summed E-state index contributed by atoms with van der Waals surface area (Å²) in [5.74, 6) is 2.03. The molecular weight excluding hydrogens is 570 g/mol. The van der Waals surface area contributed by atoms with Gasteiger partial charge in [-0.15, -0.1) is 0 Å². The summed E-state index contributed by atoms with van der Waals surface area (Å²) >= 11 is 0. The Balaban J connectivity index is 1.15. The van der Waals surface area contributed by atoms with Gasteiger partial charge in [0.1, 0.15) is 12.2 Å². The van der Waals surface area contributed by atoms with E-state index in [4.69, 9.17) is 18.9 Å². The minimum atomic E-state index is -1.30. The number of esters is 1. The fourth-order valence-electron chi connectivity index (χ4n) is 12.6. The first kappa shape index (κ1) is 32.8. The smallest absolute Gasteiger partial charge is 0.303 e. The second-order valence-corrected chi connectivity index (χ2v) is 17.8. The number of carbonyl (C=O) groups is 1. The summed E-state index contributed by atoms with van der Waals surface area (Å²) in [4.78, 5) is 14.3. The fraction of sp³-hybridized carbons (Fsp3) is 0.892. The number of hydrogen-bond acceptors (Lipinski definition) is 8. The Morgan fingerprint density at radius 2 is 1.87 bits per heavy atom. The molecule has 2 N–H and O–H groups in total. The normalized spacial score (nSPS) is 49.2. The largest absolute Gasteiger partial charge is 0.456 e. The maximum Gasteiger partial charge on any atom is 0.303 e. The van der Waals surface area contributed by atoms with Gasteiger partial charge in [-0.05, 0) is 112 Å². The lowest BCUT2D eigenvalue weighted by atomic mass is 9.41. The molecule has 0 unspecified atom stereocenters. The molecule has 7 aliphatic rings. The lowest BCUT2D eigenvalue weighted by Crippen LogP contribution is -2.59. The molecule has 0 aromatic carbocycles. The Kier molecular flexibility index (Phi) is 7.55. The number of likely N-dealkylation sites (N-methyl/N-ethyl adjacent to an activating group) is 1. The standard InChI is InChI=1S/C37H58NO7/c1-21-18-23(31(33(5,6)41)43-22(2)39)44-29-28(21)34(7)14-15-37-20-36(37)13-12-26(45-27-19-38(9)16-17-42-27)32(3,4)24(36)10-11-25(37)35(34,8)30(29)40/h21,24,26-28,30-31,40-41H,10-20H2,1-9H3/t21-,24+,26+,27+,28+,30+,31+,34-,35-,36-,37+/m1/s1. The van der Waals surface area contributed by atoms with E-state index in [9.17, 15) is 15.0 Å². The molecule has 2 heterocycles. The highest BCUT2D eigenvalue weighted by molar-refractivity contribution is 5.66. The van der Waals surface area contributed by atoms with Crippen molar-refractivity contribution in [3.8, 4) is 0 Å². The summed E-state index contributed by atoms with van der Waals surface area (Å²) in [5.41, 5.74) is -1.32. The Labute approximate surface area is 271 Å². The monoisotopic (exact) mass is 628 g/mol. The number of rotatable bonds is 5. The molecule has 2 saturated heterocycles. The van der Waals surface area contributed by atoms with E-state index in [-0.39, 0.29) is 45.9 Å². The Bertz CT molecular complexity index is 1190. The third-order valence-corrected chi connectivity index (χ3v) is 14.8. The van der Waals surface area contributed by atoms with Gasteiger partial charge in [0.15, 0.2) is 12.4 Å². The molecule has 253 valence electrons. The van der Waals surface area contributed by atoms with E-state index >= 15 is 0 Å². The van der Waals surface area contributed by atoms with Crippen molar-refractivity contribution in [2.75, 3.05) is 26.7 Å². The van der Waals surface area contributed by atoms with Gasteiger partial charge in [0.05, 0.1) is 24.4 Å². The van der Waals surface area contributed by atoms with Crippen LogP contribution in [0, 0.1) is 63.0 Å². The van der Waals surface area contributed by atoms with Crippen LogP contribution in [-0.2, 0) is 23.7 Å². The first-order chi connectivity index (χ1) is 20.9. The minimum Gasteiger partial charge on any atom is -0.456 e. The first-order valence-corrected chi connectivity index (χ1v) is 17.7. The van der Waals surface area contributed by atoms with Gasteiger partial charge in [0.2, 0.25) is 0 Å². The topological polar surface area (TPSA) is 97.7 Å². The molecule has 0 aromatic rings. The van der Waals surface area contributed by atoms with Crippen LogP contribution in [0.5, 0.6) is 0 Å². The summed E-state index contributed by atoms with van der Waals surface area (Å²) in [7, 11) is 2.14. The zero-order chi connectivity index (χ0) is 32.5. The zero-order valence-electron chi connectivity index (χ0n) is 29.2. The van der Waals surface area contributed by atoms with Crippen molar-refractivity contribution >= 4 is 5.97 Å². The summed E-state index contributed by atoms with van der Waals surface area (Å²) in [5, 5.41) is 23.4. The summed E-state index contributed by atoms with van der Waals surface area (Å²) < 4.78 is 25.1. The number of fused-ring (bicyclic) bond motifs is 4. The molecule has 8 nitrogen and oxygen atoms in total. The highest BCUT2D eigenvalue weighted by Crippen LogP contribution is 2.90. The quantitative estimate of drug-likeness (QED) is 0.388. The maximum absolute atomic E-state index is 12.5. The highest BCUT2D eigenvalue weighted by Gasteiger charge is 2.85. The van der Waals surface area contributed by atoms with E-state index in [1.165, 1.54) is 26.2 Å². The number of morpholine rings is 1. The molecule has 8 heteroatoms. The van der Waals surface area contributed by atoms with Crippen molar-refractivity contribution in [1.82, 2.24) is 4.90 Å². The molecular formula is C37H58NO7. The predicted octanol–water partition coefficient (Wildman–Crippen LogP) is 5.46. The van der Waals surface area contributed by atoms with E-state index in [0.717, 1.165) is 51.5 Å². The molecule has 45 heavy (non-hydrogen) atoms. The molecule has 5 saturated carbocycles. The van der Waals surface area contributed by atoms with E-state index in [1.807, 2.05) is 0 Å². The predicted molar refractivity (Wildman–Crippen MR) is 169 cm³/mol. The third-order valence-electron chi connectivity index (χ3n) is 14.8. The van der Waals surface area contributed by atoms with Crippen molar-refractivity contribution in [3.05, 3.63) is 18.1 Å². The van der Waals surface area contributed by atoms with Gasteiger partial charge < -0.3 is 29.2 Å². The number of aliphatic hydroxyl groups excluding tert-OH is 1. The number of aliphatic hydroxyl groups is 2. The van der Waals surface area contributed by atoms with Crippen molar-refractivity contribution in [2.45, 2.75) is 137 Å². The van der Waals surface area contributed by atoms with Crippen LogP contribution < -0.4 is 0 Å². The Hall–Kier alpha value is -0.770. The van der Waals surface area contributed by atoms with Crippen molar-refractivity contribution in [3.63, 3.8) is 0 Å². The Morgan fingerprint density at radius 3 is 2.53 bits per heavy atom. The van der Waals surface area contributed by atoms with E-state index in [2.05, 4.69) is 46.6 Å². The molecule has 3 radical (unpaired) electrons. The maximum atomic E-state index is 12.5. The van der Waals surface area contributed by atoms with Gasteiger partial charge in [-0.2, -0.15) is 0 Å². The van der Waals surface area contributed by atoms with Crippen LogP contribution in [0.2, 0.25) is 0 Å². The number of carbonyl (C=O) groups excluding carboxylic acids is 1. The van der Waals surface area contributed by atoms with E-state index in [0.29, 0.717) is 18.4 Å². The summed E-state index contributed by atoms with van der Waals surface area (Å²) in [6.45, 7) is 19.1. The van der Waals surface area contributed by atoms with Crippen LogP contribution in [0.25, 0.3) is 0 Å². The molecule has 0 aromatic heterocycles. The lowest BCUT2D eigenvalue weighted by Gasteiger charge is -2.63. The number of nitrogens with zero attached hydrogens (tertiary/aromatic N) is 1. The fourth-order valence-corrected chi connectivity index (χ4v) is 12.6. The molecule has 11 atom stereocenters. The van der Waals surface area contributed by atoms with Crippen LogP contribution in [0.1, 0.15) is 107 Å². The number of ether oxygens (including phenoxy) is 4. The van der Waals surface area contributed by atoms with Crippen molar-refractivity contribution in [1.29, 1.82) is 0 Å². The molecule has 0 amide bonds. The average molecular weight is 629 g/mol. The number of hydrogen-bond donors (Lipinski definition) is 2. The van der Waals surface area contributed by atoms with Gasteiger partial charge in [-0.3, -0.25) is 9.69 Å². The Morgan fingerprint density at radius 1 is 1.13 bits per heavy atom. The first-order valence-electron chi connectivity index (χ1n) is 17.7. The average Bonchev–Trinajstić information content (AvgIpc) is 3.57. The van der Waals surface area contributed by atoms with Gasteiger partial charge >= 0.3 is 5.97 Å². The van der Waals surface area contributed by atoms with Gasteiger partial charge in [0.25, 0.3) is 0 Å². The zero-order valence-corrected chi connectivity index (χ0v) is 29.2. The minimum absolute atomic E-state index is 0.0512. The molecule has 7 rings (SSSR count). The summed E-state index contributed by atoms with van der Waals surface area (Å²) in [6, 6.07) is 0. The molecule has 2 aliphatic heterocycles. The van der Waals surface area contributed by atoms with Crippen molar-refractivity contribution < 1.29 is 34.0 Å². The summed E-state index contributed by atoms with van der Waals surface area (Å²) in [6.07, 6.45) is 8.20. The van der Waals surface area contributed by atoms with Crippen molar-refractivity contribution in [2.24, 2.45) is 44.8 Å². The van der Waals surface area contributed by atoms with Gasteiger partial charge in [0, 0.05) is 31.3 Å². The van der Waals surface area contributed by atoms with Crippen LogP contribution in [-0.4, -0.2) is 78.0 Å². The second-order valence-electron chi connectivity index (χ2n) is 17.8. The molecule has 0 bridgehead atoms. The van der Waals surface area contributed by atoms with Crippen LogP contribution >= 0.6 is 0 Å². The lowest BCUT2D eigenvalue weighted by molar-refractivity contribution is -0.241. The van der Waals surface area contributed by atoms with Crippen LogP contribution in [0.3, 0.4) is 0 Å². The van der Waals surface area contributed by atoms with Crippen LogP contribution in [0.15, 0.2) is 0 Å².